The Kier molecular flexibility index (Phi) is 5.35. The predicted octanol–water partition coefficient (Wildman–Crippen LogP) is 3.60. The van der Waals surface area contributed by atoms with Gasteiger partial charge in [-0.3, -0.25) is 4.79 Å². The van der Waals surface area contributed by atoms with Gasteiger partial charge in [-0.15, -0.1) is 4.52 Å². The Morgan fingerprint density at radius 2 is 2.00 bits per heavy atom. The molecular weight excluding hydrogens is 297 g/mol. The van der Waals surface area contributed by atoms with Crippen molar-refractivity contribution in [1.82, 2.24) is 4.98 Å². The maximum Gasteiger partial charge on any atom is 0.750 e. The Balaban J connectivity index is 2.16. The van der Waals surface area contributed by atoms with Gasteiger partial charge in [-0.25, -0.2) is 4.52 Å². The van der Waals surface area contributed by atoms with Crippen molar-refractivity contribution in [2.75, 3.05) is 6.61 Å². The smallest absolute Gasteiger partial charge is 0.325 e. The van der Waals surface area contributed by atoms with Crippen LogP contribution in [0.4, 0.5) is 0 Å². The lowest BCUT2D eigenvalue weighted by molar-refractivity contribution is 0.301. The molecule has 5 nitrogen and oxygen atoms in total. The molecule has 104 valence electrons. The second-order valence-electron chi connectivity index (χ2n) is 3.68. The van der Waals surface area contributed by atoms with Gasteiger partial charge in [0.25, 0.3) is 11.3 Å². The van der Waals surface area contributed by atoms with Gasteiger partial charge >= 0.3 is 8.25 Å². The highest BCUT2D eigenvalue weighted by molar-refractivity contribution is 7.99. The van der Waals surface area contributed by atoms with Gasteiger partial charge in [-0.1, -0.05) is 30.0 Å². The maximum atomic E-state index is 11.6. The average Bonchev–Trinajstić information content (AvgIpc) is 2.44. The first-order valence-corrected chi connectivity index (χ1v) is 7.84. The summed E-state index contributed by atoms with van der Waals surface area (Å²) in [6, 6.07) is 11.2. The van der Waals surface area contributed by atoms with Crippen molar-refractivity contribution in [3.8, 4) is 5.75 Å². The van der Waals surface area contributed by atoms with Crippen molar-refractivity contribution < 1.29 is 13.6 Å². The van der Waals surface area contributed by atoms with E-state index in [2.05, 4.69) is 4.98 Å². The Hall–Kier alpha value is -1.62. The zero-order valence-corrected chi connectivity index (χ0v) is 12.4. The molecule has 0 saturated carbocycles. The Bertz CT molecular complexity index is 644. The molecule has 2 rings (SSSR count). The SMILES string of the molecule is CCO[P+](=O)Oc1cc(Sc2ccccc2)c[nH]c1=O. The first-order valence-electron chi connectivity index (χ1n) is 5.93. The molecule has 0 radical (unpaired) electrons. The summed E-state index contributed by atoms with van der Waals surface area (Å²) >= 11 is 1.47. The van der Waals surface area contributed by atoms with Crippen LogP contribution in [-0.4, -0.2) is 11.6 Å². The van der Waals surface area contributed by atoms with E-state index in [9.17, 15) is 9.36 Å². The number of rotatable bonds is 6. The first-order chi connectivity index (χ1) is 9.69. The van der Waals surface area contributed by atoms with Crippen molar-refractivity contribution in [1.29, 1.82) is 0 Å². The third-order valence-corrected chi connectivity index (χ3v) is 4.02. The molecular formula is C13H13NO4PS+. The molecule has 0 saturated heterocycles. The minimum atomic E-state index is -2.32. The summed E-state index contributed by atoms with van der Waals surface area (Å²) in [5.41, 5.74) is -0.439. The summed E-state index contributed by atoms with van der Waals surface area (Å²) in [4.78, 5) is 16.0. The van der Waals surface area contributed by atoms with Crippen LogP contribution in [0.15, 0.2) is 57.2 Å². The van der Waals surface area contributed by atoms with Crippen molar-refractivity contribution in [2.45, 2.75) is 16.7 Å². The van der Waals surface area contributed by atoms with E-state index in [0.717, 1.165) is 9.79 Å². The van der Waals surface area contributed by atoms with Gasteiger partial charge in [-0.2, -0.15) is 0 Å². The largest absolute Gasteiger partial charge is 0.750 e. The maximum absolute atomic E-state index is 11.6. The van der Waals surface area contributed by atoms with Gasteiger partial charge in [0.05, 0.1) is 0 Å². The lowest BCUT2D eigenvalue weighted by Gasteiger charge is -2.01. The number of aromatic amines is 1. The lowest BCUT2D eigenvalue weighted by atomic mass is 10.4. The van der Waals surface area contributed by atoms with Crippen LogP contribution in [0.2, 0.25) is 0 Å². The van der Waals surface area contributed by atoms with E-state index in [1.807, 2.05) is 30.3 Å². The van der Waals surface area contributed by atoms with Crippen molar-refractivity contribution in [3.05, 3.63) is 52.9 Å². The number of H-pyrrole nitrogens is 1. The van der Waals surface area contributed by atoms with Crippen LogP contribution in [-0.2, 0) is 9.09 Å². The predicted molar refractivity (Wildman–Crippen MR) is 77.5 cm³/mol. The molecule has 1 aromatic carbocycles. The summed E-state index contributed by atoms with van der Waals surface area (Å²) in [5, 5.41) is 0. The number of pyridine rings is 1. The van der Waals surface area contributed by atoms with Gasteiger partial charge in [0, 0.05) is 26.6 Å². The van der Waals surface area contributed by atoms with E-state index in [1.165, 1.54) is 11.8 Å². The summed E-state index contributed by atoms with van der Waals surface area (Å²) in [6.07, 6.45) is 1.58. The molecule has 0 amide bonds. The van der Waals surface area contributed by atoms with Crippen LogP contribution in [0.5, 0.6) is 5.75 Å². The van der Waals surface area contributed by atoms with Gasteiger partial charge < -0.3 is 4.98 Å². The van der Waals surface area contributed by atoms with Gasteiger partial charge in [0.15, 0.2) is 0 Å². The van der Waals surface area contributed by atoms with Gasteiger partial charge in [0.1, 0.15) is 6.61 Å². The molecule has 0 spiro atoms. The normalized spacial score (nSPS) is 11.2. The number of hydrogen-bond donors (Lipinski definition) is 1. The minimum Gasteiger partial charge on any atom is -0.325 e. The Morgan fingerprint density at radius 1 is 1.25 bits per heavy atom. The molecule has 0 aliphatic carbocycles. The highest BCUT2D eigenvalue weighted by atomic mass is 32.2. The summed E-state index contributed by atoms with van der Waals surface area (Å²) < 4.78 is 21.2. The standard InChI is InChI=1S/C13H12NO4PS/c1-2-17-19(16)18-12-8-11(9-14-13(12)15)20-10-6-4-3-5-7-10/h3-9H,2H2,1H3/p+1. The average molecular weight is 310 g/mol. The second-order valence-corrected chi connectivity index (χ2v) is 5.71. The van der Waals surface area contributed by atoms with Crippen LogP contribution in [0, 0.1) is 0 Å². The minimum absolute atomic E-state index is 0.0134. The van der Waals surface area contributed by atoms with Gasteiger partial charge in [0.2, 0.25) is 0 Å². The first kappa shape index (κ1) is 14.8. The second kappa shape index (κ2) is 7.24. The Morgan fingerprint density at radius 3 is 2.70 bits per heavy atom. The number of aromatic nitrogens is 1. The van der Waals surface area contributed by atoms with Crippen LogP contribution >= 0.6 is 20.0 Å². The topological polar surface area (TPSA) is 68.4 Å². The number of nitrogens with one attached hydrogen (secondary N) is 1. The molecule has 20 heavy (non-hydrogen) atoms. The third kappa shape index (κ3) is 4.20. The fourth-order valence-electron chi connectivity index (χ4n) is 1.41. The van der Waals surface area contributed by atoms with E-state index in [1.54, 1.807) is 19.2 Å². The highest BCUT2D eigenvalue weighted by Crippen LogP contribution is 2.31. The molecule has 1 unspecified atom stereocenters. The Labute approximate surface area is 121 Å². The molecule has 1 N–H and O–H groups in total. The van der Waals surface area contributed by atoms with Crippen molar-refractivity contribution >= 4 is 20.0 Å². The molecule has 0 fully saturated rings. The number of benzene rings is 1. The van der Waals surface area contributed by atoms with Crippen molar-refractivity contribution in [3.63, 3.8) is 0 Å². The van der Waals surface area contributed by atoms with E-state index < -0.39 is 13.8 Å². The fraction of sp³-hybridized carbons (Fsp3) is 0.154. The van der Waals surface area contributed by atoms with Crippen molar-refractivity contribution in [2.24, 2.45) is 0 Å². The van der Waals surface area contributed by atoms with Crippen LogP contribution < -0.4 is 10.1 Å². The van der Waals surface area contributed by atoms with Crippen LogP contribution in [0.1, 0.15) is 6.92 Å². The fourth-order valence-corrected chi connectivity index (χ4v) is 2.82. The molecule has 1 heterocycles. The molecule has 1 aromatic heterocycles. The van der Waals surface area contributed by atoms with E-state index in [-0.39, 0.29) is 12.4 Å². The monoisotopic (exact) mass is 310 g/mol. The van der Waals surface area contributed by atoms with E-state index in [0.29, 0.717) is 0 Å². The summed E-state index contributed by atoms with van der Waals surface area (Å²) in [5.74, 6) is -0.0134. The molecule has 0 aliphatic heterocycles. The summed E-state index contributed by atoms with van der Waals surface area (Å²) in [6.45, 7) is 1.95. The zero-order valence-electron chi connectivity index (χ0n) is 10.7. The lowest BCUT2D eigenvalue weighted by Crippen LogP contribution is -2.07. The summed E-state index contributed by atoms with van der Waals surface area (Å²) in [7, 11) is -2.32. The van der Waals surface area contributed by atoms with Gasteiger partial charge in [-0.05, 0) is 19.1 Å². The number of hydrogen-bond acceptors (Lipinski definition) is 5. The molecule has 0 bridgehead atoms. The third-order valence-electron chi connectivity index (χ3n) is 2.23. The molecule has 1 atom stereocenters. The van der Waals surface area contributed by atoms with E-state index >= 15 is 0 Å². The zero-order chi connectivity index (χ0) is 14.4. The van der Waals surface area contributed by atoms with Crippen LogP contribution in [0.25, 0.3) is 0 Å². The molecule has 0 aliphatic rings. The van der Waals surface area contributed by atoms with Crippen LogP contribution in [0.3, 0.4) is 0 Å². The van der Waals surface area contributed by atoms with E-state index in [4.69, 9.17) is 9.05 Å². The highest BCUT2D eigenvalue weighted by Gasteiger charge is 2.23. The quantitative estimate of drug-likeness (QED) is 0.826. The molecule has 7 heteroatoms. The molecule has 2 aromatic rings.